The second kappa shape index (κ2) is 4.54. The summed E-state index contributed by atoms with van der Waals surface area (Å²) in [7, 11) is 0. The summed E-state index contributed by atoms with van der Waals surface area (Å²) >= 11 is 0. The molecule has 1 aromatic rings. The van der Waals surface area contributed by atoms with Crippen LogP contribution in [0.3, 0.4) is 0 Å². The Morgan fingerprint density at radius 2 is 1.92 bits per heavy atom. The first kappa shape index (κ1) is 10.7. The zero-order valence-electron chi connectivity index (χ0n) is 7.84. The van der Waals surface area contributed by atoms with Crippen LogP contribution < -0.4 is 5.73 Å². The number of aryl methyl sites for hydroxylation is 1. The van der Waals surface area contributed by atoms with Crippen LogP contribution in [0.25, 0.3) is 0 Å². The molecule has 68 valence electrons. The molecule has 1 rings (SSSR count). The molecule has 2 N–H and O–H groups in total. The Labute approximate surface area is 71.7 Å². The lowest BCUT2D eigenvalue weighted by Crippen LogP contribution is -2.10. The summed E-state index contributed by atoms with van der Waals surface area (Å²) in [5, 5.41) is 3.56. The monoisotopic (exact) mass is 170 g/mol. The number of carbonyl (C=O) groups is 1. The molecule has 0 atom stereocenters. The van der Waals surface area contributed by atoms with Crippen molar-refractivity contribution in [3.63, 3.8) is 0 Å². The molecule has 0 fully saturated rings. The average molecular weight is 170 g/mol. The zero-order valence-corrected chi connectivity index (χ0v) is 7.84. The highest BCUT2D eigenvalue weighted by Crippen LogP contribution is 2.09. The molecule has 1 amide bonds. The maximum atomic E-state index is 10.5. The SMILES string of the molecule is CC.Cc1noc(C(N)=O)c1C. The first-order chi connectivity index (χ1) is 5.63. The minimum atomic E-state index is -0.571. The van der Waals surface area contributed by atoms with E-state index in [4.69, 9.17) is 5.73 Å². The van der Waals surface area contributed by atoms with E-state index in [1.54, 1.807) is 13.8 Å². The summed E-state index contributed by atoms with van der Waals surface area (Å²) in [6.45, 7) is 7.50. The number of hydrogen-bond acceptors (Lipinski definition) is 3. The smallest absolute Gasteiger partial charge is 0.287 e. The van der Waals surface area contributed by atoms with Gasteiger partial charge in [-0.2, -0.15) is 0 Å². The molecule has 1 heterocycles. The van der Waals surface area contributed by atoms with Crippen molar-refractivity contribution in [2.75, 3.05) is 0 Å². The van der Waals surface area contributed by atoms with Crippen molar-refractivity contribution in [1.29, 1.82) is 0 Å². The topological polar surface area (TPSA) is 69.1 Å². The molecule has 0 aromatic carbocycles. The quantitative estimate of drug-likeness (QED) is 0.692. The van der Waals surface area contributed by atoms with Gasteiger partial charge in [-0.15, -0.1) is 0 Å². The van der Waals surface area contributed by atoms with E-state index in [1.807, 2.05) is 13.8 Å². The Balaban J connectivity index is 0.000000561. The normalized spacial score (nSPS) is 8.67. The second-order valence-corrected chi connectivity index (χ2v) is 2.09. The summed E-state index contributed by atoms with van der Waals surface area (Å²) in [4.78, 5) is 10.5. The minimum Gasteiger partial charge on any atom is -0.363 e. The van der Waals surface area contributed by atoms with Gasteiger partial charge < -0.3 is 10.3 Å². The van der Waals surface area contributed by atoms with Crippen molar-refractivity contribution in [1.82, 2.24) is 5.16 Å². The van der Waals surface area contributed by atoms with Crippen LogP contribution in [0.2, 0.25) is 0 Å². The van der Waals surface area contributed by atoms with Gasteiger partial charge in [0, 0.05) is 5.56 Å². The Kier molecular flexibility index (Phi) is 4.04. The average Bonchev–Trinajstić information content (AvgIpc) is 2.37. The molecule has 0 bridgehead atoms. The van der Waals surface area contributed by atoms with Gasteiger partial charge in [0.25, 0.3) is 5.91 Å². The molecule has 12 heavy (non-hydrogen) atoms. The van der Waals surface area contributed by atoms with Crippen LogP contribution in [0, 0.1) is 13.8 Å². The van der Waals surface area contributed by atoms with E-state index in [0.29, 0.717) is 11.3 Å². The van der Waals surface area contributed by atoms with Crippen molar-refractivity contribution in [3.05, 3.63) is 17.0 Å². The van der Waals surface area contributed by atoms with Gasteiger partial charge in [-0.1, -0.05) is 19.0 Å². The molecule has 0 aliphatic heterocycles. The number of nitrogens with two attached hydrogens (primary N) is 1. The molecule has 4 heteroatoms. The minimum absolute atomic E-state index is 0.150. The maximum Gasteiger partial charge on any atom is 0.287 e. The van der Waals surface area contributed by atoms with Crippen LogP contribution in [-0.2, 0) is 0 Å². The van der Waals surface area contributed by atoms with Crippen LogP contribution in [0.4, 0.5) is 0 Å². The molecule has 0 saturated heterocycles. The van der Waals surface area contributed by atoms with Crippen molar-refractivity contribution in [2.24, 2.45) is 5.73 Å². The molecular formula is C8H14N2O2. The lowest BCUT2D eigenvalue weighted by Gasteiger charge is -1.86. The second-order valence-electron chi connectivity index (χ2n) is 2.09. The van der Waals surface area contributed by atoms with E-state index < -0.39 is 5.91 Å². The lowest BCUT2D eigenvalue weighted by atomic mass is 10.2. The van der Waals surface area contributed by atoms with E-state index in [2.05, 4.69) is 9.68 Å². The van der Waals surface area contributed by atoms with Crippen molar-refractivity contribution in [2.45, 2.75) is 27.7 Å². The molecule has 1 aromatic heterocycles. The van der Waals surface area contributed by atoms with Crippen molar-refractivity contribution in [3.8, 4) is 0 Å². The Morgan fingerprint density at radius 1 is 1.42 bits per heavy atom. The number of aromatic nitrogens is 1. The molecule has 0 saturated carbocycles. The van der Waals surface area contributed by atoms with Gasteiger partial charge in [-0.05, 0) is 13.8 Å². The van der Waals surface area contributed by atoms with Crippen molar-refractivity contribution < 1.29 is 9.32 Å². The third kappa shape index (κ3) is 2.08. The van der Waals surface area contributed by atoms with E-state index in [9.17, 15) is 4.79 Å². The van der Waals surface area contributed by atoms with Gasteiger partial charge in [-0.25, -0.2) is 0 Å². The van der Waals surface area contributed by atoms with Crippen molar-refractivity contribution >= 4 is 5.91 Å². The number of rotatable bonds is 1. The molecule has 0 aliphatic carbocycles. The maximum absolute atomic E-state index is 10.5. The summed E-state index contributed by atoms with van der Waals surface area (Å²) in [6, 6.07) is 0. The van der Waals surface area contributed by atoms with Crippen LogP contribution in [-0.4, -0.2) is 11.1 Å². The van der Waals surface area contributed by atoms with E-state index in [-0.39, 0.29) is 5.76 Å². The van der Waals surface area contributed by atoms with Crippen LogP contribution in [0.5, 0.6) is 0 Å². The largest absolute Gasteiger partial charge is 0.363 e. The Morgan fingerprint density at radius 3 is 2.08 bits per heavy atom. The predicted octanol–water partition coefficient (Wildman–Crippen LogP) is 1.42. The van der Waals surface area contributed by atoms with Gasteiger partial charge >= 0.3 is 0 Å². The molecule has 0 radical (unpaired) electrons. The summed E-state index contributed by atoms with van der Waals surface area (Å²) in [5.74, 6) is -0.421. The summed E-state index contributed by atoms with van der Waals surface area (Å²) in [5.41, 5.74) is 6.37. The Hall–Kier alpha value is -1.32. The van der Waals surface area contributed by atoms with Gasteiger partial charge in [-0.3, -0.25) is 4.79 Å². The summed E-state index contributed by atoms with van der Waals surface area (Å²) < 4.78 is 4.63. The molecular weight excluding hydrogens is 156 g/mol. The van der Waals surface area contributed by atoms with E-state index in [0.717, 1.165) is 0 Å². The highest BCUT2D eigenvalue weighted by Gasteiger charge is 2.12. The van der Waals surface area contributed by atoms with Crippen LogP contribution in [0.1, 0.15) is 35.7 Å². The standard InChI is InChI=1S/C6H8N2O2.C2H6/c1-3-4(2)8-10-5(3)6(7)9;1-2/h1-2H3,(H2,7,9);1-2H3. The molecule has 4 nitrogen and oxygen atoms in total. The van der Waals surface area contributed by atoms with E-state index >= 15 is 0 Å². The lowest BCUT2D eigenvalue weighted by molar-refractivity contribution is 0.0964. The molecule has 0 aliphatic rings. The van der Waals surface area contributed by atoms with Crippen LogP contribution >= 0.6 is 0 Å². The number of primary amides is 1. The first-order valence-electron chi connectivity index (χ1n) is 3.85. The van der Waals surface area contributed by atoms with E-state index in [1.165, 1.54) is 0 Å². The van der Waals surface area contributed by atoms with Crippen LogP contribution in [0.15, 0.2) is 4.52 Å². The summed E-state index contributed by atoms with van der Waals surface area (Å²) in [6.07, 6.45) is 0. The molecule has 0 unspecified atom stereocenters. The molecule has 0 spiro atoms. The number of hydrogen-bond donors (Lipinski definition) is 1. The van der Waals surface area contributed by atoms with Gasteiger partial charge in [0.2, 0.25) is 5.76 Å². The fourth-order valence-electron chi connectivity index (χ4n) is 0.645. The first-order valence-corrected chi connectivity index (χ1v) is 3.85. The zero-order chi connectivity index (χ0) is 9.72. The number of nitrogens with zero attached hydrogens (tertiary/aromatic N) is 1. The predicted molar refractivity (Wildman–Crippen MR) is 45.8 cm³/mol. The third-order valence-corrected chi connectivity index (χ3v) is 1.38. The van der Waals surface area contributed by atoms with Gasteiger partial charge in [0.1, 0.15) is 0 Å². The number of carbonyl (C=O) groups excluding carboxylic acids is 1. The highest BCUT2D eigenvalue weighted by atomic mass is 16.5. The number of amides is 1. The van der Waals surface area contributed by atoms with Gasteiger partial charge in [0.05, 0.1) is 5.69 Å². The third-order valence-electron chi connectivity index (χ3n) is 1.38. The highest BCUT2D eigenvalue weighted by molar-refractivity contribution is 5.91. The fraction of sp³-hybridized carbons (Fsp3) is 0.500. The van der Waals surface area contributed by atoms with Gasteiger partial charge in [0.15, 0.2) is 0 Å². The fourth-order valence-corrected chi connectivity index (χ4v) is 0.645. The Bertz CT molecular complexity index is 266.